The quantitative estimate of drug-likeness (QED) is 0.0726. The molecule has 5 aliphatic heterocycles. The lowest BCUT2D eigenvalue weighted by atomic mass is 9.76. The number of carbonyl (C=O) groups excluding carboxylic acids is 1. The maximum absolute atomic E-state index is 14.0. The molecule has 3 atom stereocenters. The molecule has 0 saturated carbocycles. The lowest BCUT2D eigenvalue weighted by Crippen LogP contribution is -2.50. The Morgan fingerprint density at radius 1 is 0.964 bits per heavy atom. The van der Waals surface area contributed by atoms with Crippen molar-refractivity contribution in [2.75, 3.05) is 24.6 Å². The summed E-state index contributed by atoms with van der Waals surface area (Å²) in [6, 6.07) is 18.0. The molecule has 0 radical (unpaired) electrons. The van der Waals surface area contributed by atoms with E-state index < -0.39 is 17.5 Å². The van der Waals surface area contributed by atoms with Gasteiger partial charge < -0.3 is 29.1 Å². The van der Waals surface area contributed by atoms with Crippen LogP contribution in [0.15, 0.2) is 66.4 Å². The van der Waals surface area contributed by atoms with Crippen LogP contribution in [-0.4, -0.2) is 52.3 Å². The van der Waals surface area contributed by atoms with E-state index in [-0.39, 0.29) is 42.9 Å². The van der Waals surface area contributed by atoms with Crippen molar-refractivity contribution >= 4 is 81.5 Å². The minimum Gasteiger partial charge on any atom is -0.492 e. The fourth-order valence-corrected chi connectivity index (χ4v) is 10.9. The van der Waals surface area contributed by atoms with Crippen LogP contribution in [-0.2, 0) is 28.0 Å². The molecule has 1 spiro atoms. The Hall–Kier alpha value is -3.73. The number of aliphatic carboxylic acids is 1. The second kappa shape index (κ2) is 14.3. The number of ether oxygens (including phenoxy) is 3. The summed E-state index contributed by atoms with van der Waals surface area (Å²) in [5.41, 5.74) is 4.43. The summed E-state index contributed by atoms with van der Waals surface area (Å²) in [7, 11) is 0. The molecule has 0 amide bonds. The third-order valence-electron chi connectivity index (χ3n) is 11.2. The highest BCUT2D eigenvalue weighted by Crippen LogP contribution is 2.62. The molecular weight excluding hydrogens is 802 g/mol. The van der Waals surface area contributed by atoms with Crippen molar-refractivity contribution in [3.8, 4) is 17.2 Å². The summed E-state index contributed by atoms with van der Waals surface area (Å²) in [6.45, 7) is 3.97. The number of nitrogens with zero attached hydrogens (tertiary/aromatic N) is 2. The zero-order chi connectivity index (χ0) is 38.2. The van der Waals surface area contributed by atoms with Crippen molar-refractivity contribution in [1.29, 1.82) is 0 Å². The maximum atomic E-state index is 14.0. The van der Waals surface area contributed by atoms with Crippen molar-refractivity contribution in [1.82, 2.24) is 4.90 Å². The number of carbonyl (C=O) groups is 2. The Morgan fingerprint density at radius 2 is 1.76 bits per heavy atom. The summed E-state index contributed by atoms with van der Waals surface area (Å²) in [6.07, 6.45) is 8.39. The molecule has 4 aromatic rings. The second-order valence-electron chi connectivity index (χ2n) is 14.4. The van der Waals surface area contributed by atoms with Crippen LogP contribution in [0.3, 0.4) is 0 Å². The summed E-state index contributed by atoms with van der Waals surface area (Å²) >= 11 is 28.8. The Kier molecular flexibility index (Phi) is 9.61. The maximum Gasteiger partial charge on any atom is 0.351 e. The first-order valence-corrected chi connectivity index (χ1v) is 21.0. The lowest BCUT2D eigenvalue weighted by molar-refractivity contribution is -0.135. The number of benzene rings is 4. The van der Waals surface area contributed by atoms with Crippen LogP contribution >= 0.6 is 58.2 Å². The highest BCUT2D eigenvalue weighted by atomic mass is 35.5. The monoisotopic (exact) mass is 836 g/mol. The highest BCUT2D eigenvalue weighted by molar-refractivity contribution is 8.00. The molecule has 13 heteroatoms. The van der Waals surface area contributed by atoms with Gasteiger partial charge in [-0.2, -0.15) is 0 Å². The topological polar surface area (TPSA) is 88.5 Å². The van der Waals surface area contributed by atoms with Gasteiger partial charge in [-0.15, -0.1) is 11.8 Å². The first kappa shape index (κ1) is 36.9. The fourth-order valence-electron chi connectivity index (χ4n) is 8.48. The molecule has 1 N–H and O–H groups in total. The number of carboxylic acid groups (broad SMARTS) is 1. The number of anilines is 2. The van der Waals surface area contributed by atoms with E-state index in [4.69, 9.17) is 60.6 Å². The summed E-state index contributed by atoms with van der Waals surface area (Å²) in [5, 5.41) is 9.90. The van der Waals surface area contributed by atoms with Crippen LogP contribution in [0.2, 0.25) is 20.1 Å². The van der Waals surface area contributed by atoms with Gasteiger partial charge in [0.25, 0.3) is 0 Å². The first-order chi connectivity index (χ1) is 26.6. The molecule has 9 rings (SSSR count). The number of hydrogen-bond acceptors (Lipinski definition) is 8. The molecule has 5 aliphatic rings. The molecular formula is C42H36Cl4N2O6S. The smallest absolute Gasteiger partial charge is 0.351 e. The molecule has 284 valence electrons. The molecule has 55 heavy (non-hydrogen) atoms. The third kappa shape index (κ3) is 5.95. The highest BCUT2D eigenvalue weighted by Gasteiger charge is 2.57. The minimum absolute atomic E-state index is 0.0215. The number of unbranched alkanes of at least 4 members (excludes halogenated alkanes) is 3. The van der Waals surface area contributed by atoms with E-state index in [1.165, 1.54) is 5.56 Å². The largest absolute Gasteiger partial charge is 0.492 e. The van der Waals surface area contributed by atoms with Crippen molar-refractivity contribution in [3.63, 3.8) is 0 Å². The summed E-state index contributed by atoms with van der Waals surface area (Å²) in [4.78, 5) is 30.3. The number of carboxylic acids is 1. The van der Waals surface area contributed by atoms with E-state index >= 15 is 0 Å². The number of hydrogen-bond donors (Lipinski definition) is 1. The number of aryl methyl sites for hydroxylation is 1. The normalized spacial score (nSPS) is 21.5. The molecule has 0 aliphatic carbocycles. The van der Waals surface area contributed by atoms with E-state index in [2.05, 4.69) is 24.0 Å². The van der Waals surface area contributed by atoms with E-state index in [1.54, 1.807) is 17.8 Å². The van der Waals surface area contributed by atoms with Crippen molar-refractivity contribution in [2.24, 2.45) is 0 Å². The van der Waals surface area contributed by atoms with Gasteiger partial charge in [0, 0.05) is 53.3 Å². The van der Waals surface area contributed by atoms with Gasteiger partial charge in [0.2, 0.25) is 0 Å². The van der Waals surface area contributed by atoms with Crippen LogP contribution in [0.1, 0.15) is 77.2 Å². The third-order valence-corrected chi connectivity index (χ3v) is 14.5. The molecule has 0 bridgehead atoms. The first-order valence-electron chi connectivity index (χ1n) is 18.6. The number of thioether (sulfide) groups is 1. The molecule has 4 aromatic carbocycles. The van der Waals surface area contributed by atoms with Crippen LogP contribution in [0.25, 0.3) is 0 Å². The Labute approximate surface area is 343 Å². The standard InChI is InChI=1S/C42H36Cl4N2O6S/c1-2-3-4-5-9-23-17-27-32(20-30(23)52-21-25-19-29(40(49)50)48-16-14-33(48)55-25)53-31-18-24(47-15-13-22-8-6-7-10-28(22)47)11-12-26(31)42(27)35-34(41(51)54-42)36(43)38(45)39(46)37(35)44/h6-8,10-12,17-20,25,33H,2-5,9,13-16,21H2,1H3,(H,49,50). The van der Waals surface area contributed by atoms with E-state index in [1.807, 2.05) is 47.4 Å². The SMILES string of the molecule is CCCCCCc1cc2c(cc1OCC1C=C(C(=O)O)N3CCC3S1)Oc1cc(N3CCc4ccccc43)ccc1C21OC(=O)c2c(Cl)c(Cl)c(Cl)c(Cl)c21. The molecule has 0 aromatic heterocycles. The number of para-hydroxylation sites is 1. The lowest BCUT2D eigenvalue weighted by Gasteiger charge is -2.46. The van der Waals surface area contributed by atoms with E-state index in [0.29, 0.717) is 46.1 Å². The van der Waals surface area contributed by atoms with Gasteiger partial charge in [-0.25, -0.2) is 9.59 Å². The van der Waals surface area contributed by atoms with Crippen LogP contribution in [0, 0.1) is 0 Å². The van der Waals surface area contributed by atoms with E-state index in [9.17, 15) is 14.7 Å². The molecule has 5 heterocycles. The molecule has 8 nitrogen and oxygen atoms in total. The second-order valence-corrected chi connectivity index (χ2v) is 17.4. The number of esters is 1. The van der Waals surface area contributed by atoms with Gasteiger partial charge in [0.1, 0.15) is 29.6 Å². The number of rotatable bonds is 10. The van der Waals surface area contributed by atoms with Crippen molar-refractivity contribution in [2.45, 2.75) is 68.1 Å². The van der Waals surface area contributed by atoms with Crippen molar-refractivity contribution in [3.05, 3.63) is 120 Å². The Morgan fingerprint density at radius 3 is 2.55 bits per heavy atom. The van der Waals surface area contributed by atoms with Crippen LogP contribution < -0.4 is 14.4 Å². The average Bonchev–Trinajstić information content (AvgIpc) is 3.74. The van der Waals surface area contributed by atoms with Gasteiger partial charge in [-0.05, 0) is 67.2 Å². The van der Waals surface area contributed by atoms with Gasteiger partial charge in [0.15, 0.2) is 5.60 Å². The predicted octanol–water partition coefficient (Wildman–Crippen LogP) is 11.2. The Bertz CT molecular complexity index is 2320. The fraction of sp³-hybridized carbons (Fsp3) is 0.333. The number of fused-ring (bicyclic) bond motifs is 8. The molecule has 3 unspecified atom stereocenters. The summed E-state index contributed by atoms with van der Waals surface area (Å²) in [5.74, 6) is -0.107. The summed E-state index contributed by atoms with van der Waals surface area (Å²) < 4.78 is 20.0. The number of halogens is 4. The zero-order valence-corrected chi connectivity index (χ0v) is 33.6. The van der Waals surface area contributed by atoms with E-state index in [0.717, 1.165) is 68.6 Å². The van der Waals surface area contributed by atoms with Gasteiger partial charge in [-0.1, -0.05) is 90.8 Å². The minimum atomic E-state index is -1.57. The molecule has 1 saturated heterocycles. The zero-order valence-electron chi connectivity index (χ0n) is 29.8. The Balaban J connectivity index is 1.19. The van der Waals surface area contributed by atoms with Crippen LogP contribution in [0.5, 0.6) is 17.2 Å². The average molecular weight is 839 g/mol. The molecule has 1 fully saturated rings. The van der Waals surface area contributed by atoms with Gasteiger partial charge in [0.05, 0.1) is 36.3 Å². The predicted molar refractivity (Wildman–Crippen MR) is 217 cm³/mol. The van der Waals surface area contributed by atoms with Gasteiger partial charge in [-0.3, -0.25) is 0 Å². The van der Waals surface area contributed by atoms with Crippen LogP contribution in [0.4, 0.5) is 11.4 Å². The van der Waals surface area contributed by atoms with Crippen molar-refractivity contribution < 1.29 is 28.9 Å². The van der Waals surface area contributed by atoms with Gasteiger partial charge >= 0.3 is 11.9 Å².